The van der Waals surface area contributed by atoms with Gasteiger partial charge in [-0.15, -0.1) is 9.19 Å². The lowest BCUT2D eigenvalue weighted by Gasteiger charge is -2.05. The van der Waals surface area contributed by atoms with Crippen molar-refractivity contribution in [3.05, 3.63) is 36.4 Å². The highest BCUT2D eigenvalue weighted by molar-refractivity contribution is 7.89. The summed E-state index contributed by atoms with van der Waals surface area (Å²) in [5, 5.41) is 4.15. The van der Waals surface area contributed by atoms with E-state index in [9.17, 15) is 8.42 Å². The van der Waals surface area contributed by atoms with Gasteiger partial charge < -0.3 is 5.73 Å². The van der Waals surface area contributed by atoms with Crippen LogP contribution in [-0.4, -0.2) is 22.6 Å². The zero-order chi connectivity index (χ0) is 14.2. The second-order valence-electron chi connectivity index (χ2n) is 5.03. The molecule has 0 saturated heterocycles. The number of benzene rings is 1. The average Bonchev–Trinajstić information content (AvgIpc) is 3.10. The first kappa shape index (κ1) is 13.1. The number of nitrogen functional groups attached to an aromatic ring is 1. The molecule has 1 heterocycles. The van der Waals surface area contributed by atoms with Crippen molar-refractivity contribution in [3.8, 4) is 0 Å². The molecule has 7 heteroatoms. The molecular weight excluding hydrogens is 276 g/mol. The Hall–Kier alpha value is -1.89. The van der Waals surface area contributed by atoms with Crippen molar-refractivity contribution >= 4 is 15.7 Å². The van der Waals surface area contributed by atoms with E-state index in [-0.39, 0.29) is 10.8 Å². The maximum absolute atomic E-state index is 12.4. The second-order valence-corrected chi connectivity index (χ2v) is 6.83. The van der Waals surface area contributed by atoms with E-state index in [1.54, 1.807) is 12.1 Å². The van der Waals surface area contributed by atoms with E-state index in [2.05, 4.69) is 10.1 Å². The SMILES string of the molecule is Nc1ccc(S(=O)(=O)n2cnc(C3CCCC3)n2)cc1. The number of nitrogens with zero attached hydrogens (tertiary/aromatic N) is 3. The molecule has 2 N–H and O–H groups in total. The molecule has 0 unspecified atom stereocenters. The van der Waals surface area contributed by atoms with E-state index >= 15 is 0 Å². The van der Waals surface area contributed by atoms with Gasteiger partial charge in [-0.1, -0.05) is 12.8 Å². The minimum absolute atomic E-state index is 0.162. The van der Waals surface area contributed by atoms with Gasteiger partial charge in [-0.2, -0.15) is 8.42 Å². The molecule has 6 nitrogen and oxygen atoms in total. The Labute approximate surface area is 117 Å². The Morgan fingerprint density at radius 1 is 1.15 bits per heavy atom. The predicted octanol–water partition coefficient (Wildman–Crippen LogP) is 1.75. The summed E-state index contributed by atoms with van der Waals surface area (Å²) in [5.74, 6) is 0.916. The topological polar surface area (TPSA) is 90.9 Å². The van der Waals surface area contributed by atoms with Gasteiger partial charge in [0.25, 0.3) is 10.0 Å². The van der Waals surface area contributed by atoms with Gasteiger partial charge in [0.1, 0.15) is 6.33 Å². The fourth-order valence-electron chi connectivity index (χ4n) is 2.50. The van der Waals surface area contributed by atoms with Crippen molar-refractivity contribution in [2.75, 3.05) is 5.73 Å². The zero-order valence-corrected chi connectivity index (χ0v) is 11.8. The van der Waals surface area contributed by atoms with Gasteiger partial charge in [-0.05, 0) is 37.1 Å². The quantitative estimate of drug-likeness (QED) is 0.870. The fourth-order valence-corrected chi connectivity index (χ4v) is 3.55. The molecule has 1 aliphatic carbocycles. The molecule has 3 rings (SSSR count). The Balaban J connectivity index is 1.93. The molecule has 0 bridgehead atoms. The number of aromatic nitrogens is 3. The van der Waals surface area contributed by atoms with Crippen molar-refractivity contribution in [3.63, 3.8) is 0 Å². The fraction of sp³-hybridized carbons (Fsp3) is 0.385. The number of hydrogen-bond donors (Lipinski definition) is 1. The minimum atomic E-state index is -3.68. The summed E-state index contributed by atoms with van der Waals surface area (Å²) in [4.78, 5) is 4.32. The predicted molar refractivity (Wildman–Crippen MR) is 74.7 cm³/mol. The number of anilines is 1. The normalized spacial score (nSPS) is 16.6. The number of nitrogens with two attached hydrogens (primary N) is 1. The molecule has 1 aromatic heterocycles. The standard InChI is InChI=1S/C13H16N4O2S/c14-11-5-7-12(8-6-11)20(18,19)17-9-15-13(16-17)10-3-1-2-4-10/h5-10H,1-4,14H2. The summed E-state index contributed by atoms with van der Waals surface area (Å²) in [7, 11) is -3.68. The van der Waals surface area contributed by atoms with Crippen LogP contribution in [0.2, 0.25) is 0 Å². The van der Waals surface area contributed by atoms with Gasteiger partial charge in [0, 0.05) is 11.6 Å². The third kappa shape index (κ3) is 2.29. The first-order valence-corrected chi connectivity index (χ1v) is 8.04. The molecular formula is C13H16N4O2S. The Kier molecular flexibility index (Phi) is 3.21. The van der Waals surface area contributed by atoms with Crippen molar-refractivity contribution in [1.29, 1.82) is 0 Å². The van der Waals surface area contributed by atoms with Crippen LogP contribution in [0.25, 0.3) is 0 Å². The van der Waals surface area contributed by atoms with Crippen LogP contribution in [0.15, 0.2) is 35.5 Å². The van der Waals surface area contributed by atoms with Crippen LogP contribution in [-0.2, 0) is 10.0 Å². The van der Waals surface area contributed by atoms with Crippen LogP contribution in [0.3, 0.4) is 0 Å². The lowest BCUT2D eigenvalue weighted by atomic mass is 10.1. The summed E-state index contributed by atoms with van der Waals surface area (Å²) in [5.41, 5.74) is 6.09. The van der Waals surface area contributed by atoms with Gasteiger partial charge in [0.05, 0.1) is 4.90 Å². The molecule has 0 aliphatic heterocycles. The van der Waals surface area contributed by atoms with Crippen molar-refractivity contribution in [2.45, 2.75) is 36.5 Å². The summed E-state index contributed by atoms with van der Waals surface area (Å²) in [6.07, 6.45) is 5.66. The molecule has 0 amide bonds. The van der Waals surface area contributed by atoms with Gasteiger partial charge in [0.15, 0.2) is 5.82 Å². The third-order valence-corrected chi connectivity index (χ3v) is 5.17. The van der Waals surface area contributed by atoms with Gasteiger partial charge in [-0.3, -0.25) is 0 Å². The Morgan fingerprint density at radius 3 is 2.45 bits per heavy atom. The molecule has 1 fully saturated rings. The van der Waals surface area contributed by atoms with Crippen molar-refractivity contribution in [2.24, 2.45) is 0 Å². The maximum atomic E-state index is 12.4. The van der Waals surface area contributed by atoms with Gasteiger partial charge in [-0.25, -0.2) is 4.98 Å². The number of hydrogen-bond acceptors (Lipinski definition) is 5. The van der Waals surface area contributed by atoms with Crippen LogP contribution < -0.4 is 5.73 Å². The summed E-state index contributed by atoms with van der Waals surface area (Å²) < 4.78 is 25.7. The van der Waals surface area contributed by atoms with Crippen LogP contribution in [0.1, 0.15) is 37.4 Å². The van der Waals surface area contributed by atoms with Crippen LogP contribution in [0.4, 0.5) is 5.69 Å². The minimum Gasteiger partial charge on any atom is -0.399 e. The molecule has 20 heavy (non-hydrogen) atoms. The largest absolute Gasteiger partial charge is 0.399 e. The van der Waals surface area contributed by atoms with Crippen LogP contribution in [0.5, 0.6) is 0 Å². The van der Waals surface area contributed by atoms with E-state index in [0.29, 0.717) is 11.5 Å². The monoisotopic (exact) mass is 292 g/mol. The maximum Gasteiger partial charge on any atom is 0.284 e. The summed E-state index contributed by atoms with van der Waals surface area (Å²) >= 11 is 0. The van der Waals surface area contributed by atoms with E-state index < -0.39 is 10.0 Å². The molecule has 1 aliphatic rings. The van der Waals surface area contributed by atoms with Crippen molar-refractivity contribution in [1.82, 2.24) is 14.2 Å². The van der Waals surface area contributed by atoms with E-state index in [1.165, 1.54) is 18.5 Å². The van der Waals surface area contributed by atoms with Crippen LogP contribution in [0, 0.1) is 0 Å². The number of rotatable bonds is 3. The highest BCUT2D eigenvalue weighted by Crippen LogP contribution is 2.32. The van der Waals surface area contributed by atoms with Crippen LogP contribution >= 0.6 is 0 Å². The highest BCUT2D eigenvalue weighted by atomic mass is 32.2. The van der Waals surface area contributed by atoms with Gasteiger partial charge >= 0.3 is 0 Å². The second kappa shape index (κ2) is 4.90. The zero-order valence-electron chi connectivity index (χ0n) is 10.9. The van der Waals surface area contributed by atoms with Crippen molar-refractivity contribution < 1.29 is 8.42 Å². The first-order valence-electron chi connectivity index (χ1n) is 6.60. The summed E-state index contributed by atoms with van der Waals surface area (Å²) in [6.45, 7) is 0. The van der Waals surface area contributed by atoms with E-state index in [4.69, 9.17) is 5.73 Å². The smallest absolute Gasteiger partial charge is 0.284 e. The highest BCUT2D eigenvalue weighted by Gasteiger charge is 2.24. The molecule has 0 atom stereocenters. The average molecular weight is 292 g/mol. The van der Waals surface area contributed by atoms with E-state index in [0.717, 1.165) is 29.8 Å². The van der Waals surface area contributed by atoms with E-state index in [1.807, 2.05) is 0 Å². The summed E-state index contributed by atoms with van der Waals surface area (Å²) in [6, 6.07) is 6.06. The van der Waals surface area contributed by atoms with Gasteiger partial charge in [0.2, 0.25) is 0 Å². The third-order valence-electron chi connectivity index (χ3n) is 3.63. The molecule has 1 saturated carbocycles. The molecule has 106 valence electrons. The Morgan fingerprint density at radius 2 is 1.80 bits per heavy atom. The molecule has 1 aromatic carbocycles. The lowest BCUT2D eigenvalue weighted by Crippen LogP contribution is -2.14. The first-order chi connectivity index (χ1) is 9.57. The molecule has 0 radical (unpaired) electrons. The lowest BCUT2D eigenvalue weighted by molar-refractivity contribution is 0.577. The molecule has 2 aromatic rings. The Bertz CT molecular complexity index is 700. The molecule has 0 spiro atoms.